The highest BCUT2D eigenvalue weighted by molar-refractivity contribution is 8.13. The normalized spacial score (nSPS) is 20.3. The van der Waals surface area contributed by atoms with Crippen LogP contribution in [0.4, 0.5) is 0 Å². The third-order valence-electron chi connectivity index (χ3n) is 3.84. The van der Waals surface area contributed by atoms with Gasteiger partial charge in [-0.25, -0.2) is 0 Å². The Hall–Kier alpha value is 0.170. The lowest BCUT2D eigenvalue weighted by Gasteiger charge is -2.34. The van der Waals surface area contributed by atoms with Crippen LogP contribution in [-0.2, 0) is 0 Å². The first-order valence-corrected chi connectivity index (χ1v) is 9.31. The molecule has 0 bridgehead atoms. The molecule has 2 nitrogen and oxygen atoms in total. The zero-order valence-corrected chi connectivity index (χ0v) is 13.9. The van der Waals surface area contributed by atoms with Crippen LogP contribution in [0.15, 0.2) is 4.99 Å². The number of amidine groups is 1. The van der Waals surface area contributed by atoms with Gasteiger partial charge in [-0.15, -0.1) is 0 Å². The van der Waals surface area contributed by atoms with Crippen molar-refractivity contribution in [1.29, 1.82) is 0 Å². The van der Waals surface area contributed by atoms with E-state index in [0.29, 0.717) is 11.5 Å². The molecule has 106 valence electrons. The van der Waals surface area contributed by atoms with Gasteiger partial charge in [0.1, 0.15) is 0 Å². The van der Waals surface area contributed by atoms with Crippen molar-refractivity contribution < 1.29 is 0 Å². The summed E-state index contributed by atoms with van der Waals surface area (Å²) in [6, 6.07) is 0.547. The molecule has 0 spiro atoms. The van der Waals surface area contributed by atoms with Gasteiger partial charge < -0.3 is 5.32 Å². The van der Waals surface area contributed by atoms with Crippen molar-refractivity contribution in [2.45, 2.75) is 53.0 Å². The number of hydrogen-bond donors (Lipinski definition) is 1. The Labute approximate surface area is 121 Å². The summed E-state index contributed by atoms with van der Waals surface area (Å²) in [6.07, 6.45) is 3.72. The van der Waals surface area contributed by atoms with Gasteiger partial charge in [0, 0.05) is 18.3 Å². The molecule has 18 heavy (non-hydrogen) atoms. The molecule has 0 saturated carbocycles. The molecule has 1 heterocycles. The van der Waals surface area contributed by atoms with Gasteiger partial charge in [-0.2, -0.15) is 11.8 Å². The third kappa shape index (κ3) is 5.04. The van der Waals surface area contributed by atoms with Crippen molar-refractivity contribution in [1.82, 2.24) is 5.32 Å². The largest absolute Gasteiger partial charge is 0.362 e. The maximum atomic E-state index is 4.75. The van der Waals surface area contributed by atoms with Gasteiger partial charge in [-0.3, -0.25) is 4.99 Å². The second kappa shape index (κ2) is 8.36. The summed E-state index contributed by atoms with van der Waals surface area (Å²) in [6.45, 7) is 10.1. The van der Waals surface area contributed by atoms with Crippen LogP contribution in [0.5, 0.6) is 0 Å². The van der Waals surface area contributed by atoms with Crippen LogP contribution in [0, 0.1) is 5.41 Å². The van der Waals surface area contributed by atoms with Gasteiger partial charge in [0.2, 0.25) is 0 Å². The van der Waals surface area contributed by atoms with Gasteiger partial charge in [0.15, 0.2) is 5.17 Å². The van der Waals surface area contributed by atoms with Crippen LogP contribution in [0.2, 0.25) is 0 Å². The molecule has 0 aromatic carbocycles. The van der Waals surface area contributed by atoms with Crippen molar-refractivity contribution in [2.24, 2.45) is 10.4 Å². The van der Waals surface area contributed by atoms with Gasteiger partial charge in [0.25, 0.3) is 0 Å². The molecule has 1 aliphatic rings. The van der Waals surface area contributed by atoms with E-state index in [4.69, 9.17) is 4.99 Å². The zero-order chi connectivity index (χ0) is 13.4. The molecule has 1 rings (SSSR count). The predicted molar refractivity (Wildman–Crippen MR) is 88.0 cm³/mol. The predicted octanol–water partition coefficient (Wildman–Crippen LogP) is 4.02. The summed E-state index contributed by atoms with van der Waals surface area (Å²) in [5, 5.41) is 4.73. The minimum absolute atomic E-state index is 0.456. The molecule has 0 aromatic heterocycles. The molecule has 1 aliphatic heterocycles. The van der Waals surface area contributed by atoms with Crippen LogP contribution < -0.4 is 5.32 Å². The minimum Gasteiger partial charge on any atom is -0.362 e. The van der Waals surface area contributed by atoms with E-state index < -0.39 is 0 Å². The van der Waals surface area contributed by atoms with Gasteiger partial charge >= 0.3 is 0 Å². The minimum atomic E-state index is 0.456. The molecule has 0 saturated heterocycles. The van der Waals surface area contributed by atoms with Crippen molar-refractivity contribution in [3.05, 3.63) is 0 Å². The Bertz CT molecular complexity index is 263. The Morgan fingerprint density at radius 3 is 2.61 bits per heavy atom. The second-order valence-electron chi connectivity index (χ2n) is 5.15. The smallest absolute Gasteiger partial charge is 0.156 e. The fourth-order valence-electron chi connectivity index (χ4n) is 2.00. The molecular weight excluding hydrogens is 260 g/mol. The fraction of sp³-hybridized carbons (Fsp3) is 0.929. The number of aliphatic imine (C=N–C) groups is 1. The monoisotopic (exact) mass is 288 g/mol. The second-order valence-corrected chi connectivity index (χ2v) is 7.51. The summed E-state index contributed by atoms with van der Waals surface area (Å²) in [5.74, 6) is 3.69. The number of hydrogen-bond acceptors (Lipinski definition) is 4. The fourth-order valence-corrected chi connectivity index (χ4v) is 4.20. The van der Waals surface area contributed by atoms with E-state index in [1.807, 2.05) is 23.5 Å². The van der Waals surface area contributed by atoms with Crippen LogP contribution in [-0.4, -0.2) is 35.0 Å². The SMILES string of the molecule is CCSCCC(C)NC1=NCC(CC)(CC)CS1. The van der Waals surface area contributed by atoms with Gasteiger partial charge in [-0.05, 0) is 43.1 Å². The van der Waals surface area contributed by atoms with Gasteiger partial charge in [0.05, 0.1) is 0 Å². The van der Waals surface area contributed by atoms with Crippen molar-refractivity contribution in [3.63, 3.8) is 0 Å². The zero-order valence-electron chi connectivity index (χ0n) is 12.3. The standard InChI is InChI=1S/C14H28N2S2/c1-5-14(6-2)10-15-13(18-11-14)16-12(4)8-9-17-7-3/h12H,5-11H2,1-4H3,(H,15,16). The van der Waals surface area contributed by atoms with Crippen molar-refractivity contribution >= 4 is 28.7 Å². The Balaban J connectivity index is 2.34. The van der Waals surface area contributed by atoms with E-state index in [1.54, 1.807) is 0 Å². The maximum absolute atomic E-state index is 4.75. The molecule has 4 heteroatoms. The topological polar surface area (TPSA) is 24.4 Å². The van der Waals surface area contributed by atoms with Crippen LogP contribution in [0.25, 0.3) is 0 Å². The Kier molecular flexibility index (Phi) is 7.54. The Morgan fingerprint density at radius 2 is 2.11 bits per heavy atom. The molecule has 1 unspecified atom stereocenters. The van der Waals surface area contributed by atoms with Crippen LogP contribution >= 0.6 is 23.5 Å². The van der Waals surface area contributed by atoms with E-state index in [9.17, 15) is 0 Å². The van der Waals surface area contributed by atoms with E-state index >= 15 is 0 Å². The number of rotatable bonds is 7. The molecule has 1 N–H and O–H groups in total. The highest BCUT2D eigenvalue weighted by Gasteiger charge is 2.30. The first-order chi connectivity index (χ1) is 8.65. The number of nitrogens with zero attached hydrogens (tertiary/aromatic N) is 1. The average molecular weight is 289 g/mol. The van der Waals surface area contributed by atoms with Gasteiger partial charge in [-0.1, -0.05) is 32.5 Å². The van der Waals surface area contributed by atoms with E-state index in [0.717, 1.165) is 6.54 Å². The van der Waals surface area contributed by atoms with E-state index in [-0.39, 0.29) is 0 Å². The molecule has 0 amide bonds. The summed E-state index contributed by atoms with van der Waals surface area (Å²) >= 11 is 3.94. The third-order valence-corrected chi connectivity index (χ3v) is 6.05. The van der Waals surface area contributed by atoms with E-state index in [2.05, 4.69) is 33.0 Å². The molecule has 0 aliphatic carbocycles. The first kappa shape index (κ1) is 16.2. The summed E-state index contributed by atoms with van der Waals surface area (Å²) in [4.78, 5) is 4.75. The van der Waals surface area contributed by atoms with E-state index in [1.165, 1.54) is 41.7 Å². The van der Waals surface area contributed by atoms with Crippen molar-refractivity contribution in [2.75, 3.05) is 23.8 Å². The molecule has 1 atom stereocenters. The lowest BCUT2D eigenvalue weighted by atomic mass is 9.84. The quantitative estimate of drug-likeness (QED) is 0.716. The van der Waals surface area contributed by atoms with Crippen LogP contribution in [0.3, 0.4) is 0 Å². The molecule has 0 radical (unpaired) electrons. The van der Waals surface area contributed by atoms with Crippen LogP contribution in [0.1, 0.15) is 47.0 Å². The highest BCUT2D eigenvalue weighted by Crippen LogP contribution is 2.34. The highest BCUT2D eigenvalue weighted by atomic mass is 32.2. The summed E-state index contributed by atoms with van der Waals surface area (Å²) in [7, 11) is 0. The number of nitrogens with one attached hydrogen (secondary N) is 1. The van der Waals surface area contributed by atoms with Crippen molar-refractivity contribution in [3.8, 4) is 0 Å². The molecule has 0 aromatic rings. The summed E-state index contributed by atoms with van der Waals surface area (Å²) < 4.78 is 0. The Morgan fingerprint density at radius 1 is 1.39 bits per heavy atom. The number of thioether (sulfide) groups is 2. The lowest BCUT2D eigenvalue weighted by Crippen LogP contribution is -2.38. The molecular formula is C14H28N2S2. The first-order valence-electron chi connectivity index (χ1n) is 7.17. The lowest BCUT2D eigenvalue weighted by molar-refractivity contribution is 0.318. The summed E-state index contributed by atoms with van der Waals surface area (Å²) in [5.41, 5.74) is 0.456. The maximum Gasteiger partial charge on any atom is 0.156 e. The average Bonchev–Trinajstić information content (AvgIpc) is 2.40. The molecule has 0 fully saturated rings.